The van der Waals surface area contributed by atoms with Gasteiger partial charge in [-0.15, -0.1) is 0 Å². The zero-order chi connectivity index (χ0) is 7.52. The summed E-state index contributed by atoms with van der Waals surface area (Å²) in [6.07, 6.45) is 11.1. The third-order valence-corrected chi connectivity index (χ3v) is 3.59. The minimum atomic E-state index is 0.617. The molecule has 0 amide bonds. The lowest BCUT2D eigenvalue weighted by Gasteiger charge is -2.18. The minimum absolute atomic E-state index is 0.617. The van der Waals surface area contributed by atoms with Crippen LogP contribution in [0.15, 0.2) is 24.3 Å². The van der Waals surface area contributed by atoms with Crippen molar-refractivity contribution in [3.63, 3.8) is 0 Å². The summed E-state index contributed by atoms with van der Waals surface area (Å²) < 4.78 is 5.37. The van der Waals surface area contributed by atoms with Crippen LogP contribution in [-0.2, 0) is 3.63 Å². The molecule has 0 spiro atoms. The van der Waals surface area contributed by atoms with E-state index in [9.17, 15) is 0 Å². The fourth-order valence-corrected chi connectivity index (χ4v) is 2.48. The van der Waals surface area contributed by atoms with E-state index in [1.54, 1.807) is 24.1 Å². The van der Waals surface area contributed by atoms with Crippen molar-refractivity contribution in [3.8, 4) is 0 Å². The standard InChI is InChI=1S/C8H10OS2/c1-3-7(4-1)10-9-11-8-5-2-6-8/h1-3,5,7-8H,4,6H2. The van der Waals surface area contributed by atoms with Gasteiger partial charge in [-0.05, 0) is 12.8 Å². The quantitative estimate of drug-likeness (QED) is 0.493. The van der Waals surface area contributed by atoms with E-state index in [0.29, 0.717) is 10.5 Å². The molecule has 11 heavy (non-hydrogen) atoms. The molecule has 2 atom stereocenters. The highest BCUT2D eigenvalue weighted by molar-refractivity contribution is 8.08. The normalized spacial score (nSPS) is 33.1. The summed E-state index contributed by atoms with van der Waals surface area (Å²) >= 11 is 3.17. The monoisotopic (exact) mass is 186 g/mol. The molecule has 0 saturated heterocycles. The third kappa shape index (κ3) is 2.04. The van der Waals surface area contributed by atoms with Gasteiger partial charge in [-0.2, -0.15) is 0 Å². The maximum Gasteiger partial charge on any atom is 0.0538 e. The molecule has 0 aromatic carbocycles. The molecule has 2 aliphatic rings. The summed E-state index contributed by atoms with van der Waals surface area (Å²) in [5, 5.41) is 1.23. The second-order valence-corrected chi connectivity index (χ2v) is 4.81. The highest BCUT2D eigenvalue weighted by Gasteiger charge is 2.15. The predicted octanol–water partition coefficient (Wildman–Crippen LogP) is 2.96. The Morgan fingerprint density at radius 2 is 1.45 bits per heavy atom. The molecule has 2 unspecified atom stereocenters. The van der Waals surface area contributed by atoms with Crippen LogP contribution in [0, 0.1) is 0 Å². The van der Waals surface area contributed by atoms with Crippen molar-refractivity contribution >= 4 is 24.1 Å². The number of hydrogen-bond donors (Lipinski definition) is 0. The molecular weight excluding hydrogens is 176 g/mol. The first kappa shape index (κ1) is 7.77. The molecule has 60 valence electrons. The molecule has 0 bridgehead atoms. The van der Waals surface area contributed by atoms with Crippen LogP contribution in [-0.4, -0.2) is 10.5 Å². The Hall–Kier alpha value is 0.140. The van der Waals surface area contributed by atoms with E-state index in [1.165, 1.54) is 12.8 Å². The van der Waals surface area contributed by atoms with Gasteiger partial charge in [0.1, 0.15) is 0 Å². The first-order valence-electron chi connectivity index (χ1n) is 3.77. The van der Waals surface area contributed by atoms with Crippen LogP contribution in [0.25, 0.3) is 0 Å². The van der Waals surface area contributed by atoms with Crippen LogP contribution in [0.3, 0.4) is 0 Å². The summed E-state index contributed by atoms with van der Waals surface area (Å²) in [5.41, 5.74) is 0. The van der Waals surface area contributed by atoms with Crippen molar-refractivity contribution < 1.29 is 3.63 Å². The fourth-order valence-electron chi connectivity index (χ4n) is 0.761. The molecule has 2 aliphatic carbocycles. The van der Waals surface area contributed by atoms with E-state index >= 15 is 0 Å². The fraction of sp³-hybridized carbons (Fsp3) is 0.500. The summed E-state index contributed by atoms with van der Waals surface area (Å²) in [5.74, 6) is 0. The minimum Gasteiger partial charge on any atom is -0.246 e. The molecule has 0 aliphatic heterocycles. The van der Waals surface area contributed by atoms with Gasteiger partial charge >= 0.3 is 0 Å². The van der Waals surface area contributed by atoms with Crippen LogP contribution < -0.4 is 0 Å². The van der Waals surface area contributed by atoms with Crippen molar-refractivity contribution in [1.82, 2.24) is 0 Å². The topological polar surface area (TPSA) is 9.23 Å². The highest BCUT2D eigenvalue weighted by Crippen LogP contribution is 2.33. The Morgan fingerprint density at radius 3 is 1.73 bits per heavy atom. The lowest BCUT2D eigenvalue weighted by molar-refractivity contribution is 0.725. The Balaban J connectivity index is 1.53. The van der Waals surface area contributed by atoms with E-state index in [0.717, 1.165) is 0 Å². The van der Waals surface area contributed by atoms with Gasteiger partial charge in [-0.25, -0.2) is 3.63 Å². The maximum atomic E-state index is 5.37. The van der Waals surface area contributed by atoms with Crippen LogP contribution in [0.4, 0.5) is 0 Å². The van der Waals surface area contributed by atoms with Crippen molar-refractivity contribution in [2.24, 2.45) is 0 Å². The van der Waals surface area contributed by atoms with Gasteiger partial charge in [0, 0.05) is 24.1 Å². The van der Waals surface area contributed by atoms with Crippen LogP contribution in [0.1, 0.15) is 12.8 Å². The van der Waals surface area contributed by atoms with E-state index in [1.807, 2.05) is 0 Å². The van der Waals surface area contributed by atoms with Crippen LogP contribution in [0.2, 0.25) is 0 Å². The number of hydrogen-bond acceptors (Lipinski definition) is 3. The van der Waals surface area contributed by atoms with Crippen molar-refractivity contribution in [2.45, 2.75) is 23.3 Å². The Morgan fingerprint density at radius 1 is 1.00 bits per heavy atom. The zero-order valence-electron chi connectivity index (χ0n) is 6.10. The van der Waals surface area contributed by atoms with Gasteiger partial charge in [-0.3, -0.25) is 0 Å². The Bertz CT molecular complexity index is 169. The lowest BCUT2D eigenvalue weighted by Crippen LogP contribution is -2.07. The van der Waals surface area contributed by atoms with Gasteiger partial charge in [0.2, 0.25) is 0 Å². The third-order valence-electron chi connectivity index (χ3n) is 1.76. The first-order valence-corrected chi connectivity index (χ1v) is 5.38. The highest BCUT2D eigenvalue weighted by atomic mass is 32.2. The van der Waals surface area contributed by atoms with Gasteiger partial charge in [-0.1, -0.05) is 24.3 Å². The number of rotatable bonds is 4. The predicted molar refractivity (Wildman–Crippen MR) is 51.4 cm³/mol. The molecule has 0 saturated carbocycles. The van der Waals surface area contributed by atoms with E-state index in [-0.39, 0.29) is 0 Å². The lowest BCUT2D eigenvalue weighted by atomic mass is 10.1. The molecule has 0 aromatic rings. The van der Waals surface area contributed by atoms with Crippen molar-refractivity contribution in [2.75, 3.05) is 0 Å². The largest absolute Gasteiger partial charge is 0.246 e. The van der Waals surface area contributed by atoms with Crippen LogP contribution >= 0.6 is 24.1 Å². The SMILES string of the molecule is C1=CC(SOSC2C=CC2)C1. The van der Waals surface area contributed by atoms with Crippen molar-refractivity contribution in [1.29, 1.82) is 0 Å². The molecule has 0 fully saturated rings. The summed E-state index contributed by atoms with van der Waals surface area (Å²) in [6.45, 7) is 0. The molecule has 0 radical (unpaired) electrons. The summed E-state index contributed by atoms with van der Waals surface area (Å²) in [7, 11) is 0. The Kier molecular flexibility index (Phi) is 2.61. The van der Waals surface area contributed by atoms with E-state index < -0.39 is 0 Å². The van der Waals surface area contributed by atoms with E-state index in [2.05, 4.69) is 24.3 Å². The van der Waals surface area contributed by atoms with Gasteiger partial charge in [0.05, 0.1) is 10.5 Å². The first-order chi connectivity index (χ1) is 5.45. The molecule has 0 heterocycles. The number of allylic oxidation sites excluding steroid dienone is 2. The van der Waals surface area contributed by atoms with E-state index in [4.69, 9.17) is 3.63 Å². The van der Waals surface area contributed by atoms with Crippen molar-refractivity contribution in [3.05, 3.63) is 24.3 Å². The maximum absolute atomic E-state index is 5.37. The molecule has 1 nitrogen and oxygen atoms in total. The second-order valence-electron chi connectivity index (χ2n) is 2.67. The second kappa shape index (κ2) is 3.70. The molecular formula is C8H10OS2. The van der Waals surface area contributed by atoms with Gasteiger partial charge in [0.15, 0.2) is 0 Å². The average Bonchev–Trinajstić information content (AvgIpc) is 1.79. The van der Waals surface area contributed by atoms with Gasteiger partial charge in [0.25, 0.3) is 0 Å². The van der Waals surface area contributed by atoms with Gasteiger partial charge < -0.3 is 0 Å². The summed E-state index contributed by atoms with van der Waals surface area (Å²) in [6, 6.07) is 0. The molecule has 3 heteroatoms. The molecule has 2 rings (SSSR count). The zero-order valence-corrected chi connectivity index (χ0v) is 7.74. The summed E-state index contributed by atoms with van der Waals surface area (Å²) in [4.78, 5) is 0. The Labute approximate surface area is 75.7 Å². The molecule has 0 aromatic heterocycles. The average molecular weight is 186 g/mol. The smallest absolute Gasteiger partial charge is 0.0538 e. The molecule has 0 N–H and O–H groups in total. The van der Waals surface area contributed by atoms with Crippen LogP contribution in [0.5, 0.6) is 0 Å².